The van der Waals surface area contributed by atoms with Crippen molar-refractivity contribution in [3.8, 4) is 21.8 Å². The van der Waals surface area contributed by atoms with Crippen molar-refractivity contribution in [2.45, 2.75) is 76.2 Å². The molecule has 1 N–H and O–H groups in total. The number of aromatic nitrogens is 2. The highest BCUT2D eigenvalue weighted by Gasteiger charge is 2.43. The summed E-state index contributed by atoms with van der Waals surface area (Å²) < 4.78 is 12.5. The van der Waals surface area contributed by atoms with Crippen LogP contribution in [0.4, 0.5) is 5.13 Å². The highest BCUT2D eigenvalue weighted by Crippen LogP contribution is 2.47. The average molecular weight is 582 g/mol. The number of thiazole rings is 1. The van der Waals surface area contributed by atoms with E-state index >= 15 is 0 Å². The van der Waals surface area contributed by atoms with Gasteiger partial charge in [-0.15, -0.1) is 22.7 Å². The Hall–Kier alpha value is -2.72. The van der Waals surface area contributed by atoms with Gasteiger partial charge in [-0.25, -0.2) is 9.78 Å². The quantitative estimate of drug-likeness (QED) is 0.227. The molecule has 0 amide bonds. The second-order valence-corrected chi connectivity index (χ2v) is 13.0. The van der Waals surface area contributed by atoms with Crippen molar-refractivity contribution in [3.63, 3.8) is 0 Å². The molecule has 2 saturated heterocycles. The van der Waals surface area contributed by atoms with Crippen LogP contribution in [0.3, 0.4) is 0 Å². The van der Waals surface area contributed by atoms with Crippen LogP contribution in [0.1, 0.15) is 71.7 Å². The molecule has 7 rings (SSSR count). The standard InChI is InChI=1S/C29H28ClN3O4S2/c1-15-3-2-4-22(30)25(15)26-21(27(37-32-26)16-5-6-16)12-36-20-10-18-7-8-19(11-20)33(18)29-31-23(14-39-29)24-9-17(13-38-24)28(34)35/h2-4,9,13-14,16,18-20H,5-8,10-12H2,1H3,(H,34,35)/t18-,19+,20?. The zero-order valence-electron chi connectivity index (χ0n) is 21.4. The molecule has 1 saturated carbocycles. The van der Waals surface area contributed by atoms with E-state index in [-0.39, 0.29) is 6.10 Å². The molecular weight excluding hydrogens is 554 g/mol. The molecule has 39 heavy (non-hydrogen) atoms. The Balaban J connectivity index is 1.07. The first-order chi connectivity index (χ1) is 19.0. The van der Waals surface area contributed by atoms with E-state index in [0.717, 1.165) is 82.4 Å². The number of rotatable bonds is 8. The first kappa shape index (κ1) is 25.3. The van der Waals surface area contributed by atoms with Crippen LogP contribution < -0.4 is 4.90 Å². The number of ether oxygens (including phenoxy) is 1. The second-order valence-electron chi connectivity index (χ2n) is 10.8. The van der Waals surface area contributed by atoms with Gasteiger partial charge in [0.05, 0.1) is 33.9 Å². The number of hydrogen-bond acceptors (Lipinski definition) is 8. The van der Waals surface area contributed by atoms with Gasteiger partial charge in [0.2, 0.25) is 0 Å². The molecule has 2 bridgehead atoms. The van der Waals surface area contributed by atoms with Gasteiger partial charge in [0.1, 0.15) is 11.5 Å². The summed E-state index contributed by atoms with van der Waals surface area (Å²) in [5.41, 5.74) is 5.04. The third-order valence-corrected chi connectivity index (χ3v) is 10.3. The van der Waals surface area contributed by atoms with Crippen LogP contribution in [0, 0.1) is 6.92 Å². The van der Waals surface area contributed by atoms with E-state index in [9.17, 15) is 9.90 Å². The van der Waals surface area contributed by atoms with E-state index in [2.05, 4.69) is 23.0 Å². The summed E-state index contributed by atoms with van der Waals surface area (Å²) in [6.07, 6.45) is 6.60. The fraction of sp³-hybridized carbons (Fsp3) is 0.414. The number of fused-ring (bicyclic) bond motifs is 2. The molecule has 1 unspecified atom stereocenters. The van der Waals surface area contributed by atoms with Gasteiger partial charge in [0.25, 0.3) is 0 Å². The lowest BCUT2D eigenvalue weighted by Crippen LogP contribution is -2.45. The predicted octanol–water partition coefficient (Wildman–Crippen LogP) is 7.78. The molecule has 7 nitrogen and oxygen atoms in total. The summed E-state index contributed by atoms with van der Waals surface area (Å²) in [5.74, 6) is 0.483. The Morgan fingerprint density at radius 3 is 2.67 bits per heavy atom. The van der Waals surface area contributed by atoms with Crippen LogP contribution in [-0.2, 0) is 11.3 Å². The molecule has 4 aromatic rings. The smallest absolute Gasteiger partial charge is 0.336 e. The first-order valence-electron chi connectivity index (χ1n) is 13.4. The number of aryl methyl sites for hydroxylation is 1. The Morgan fingerprint density at radius 1 is 1.18 bits per heavy atom. The maximum Gasteiger partial charge on any atom is 0.336 e. The lowest BCUT2D eigenvalue weighted by Gasteiger charge is -2.38. The second kappa shape index (κ2) is 10.0. The van der Waals surface area contributed by atoms with Gasteiger partial charge >= 0.3 is 5.97 Å². The van der Waals surface area contributed by atoms with Crippen molar-refractivity contribution < 1.29 is 19.2 Å². The largest absolute Gasteiger partial charge is 0.478 e. The van der Waals surface area contributed by atoms with Gasteiger partial charge in [-0.3, -0.25) is 0 Å². The summed E-state index contributed by atoms with van der Waals surface area (Å²) in [6, 6.07) is 8.41. The van der Waals surface area contributed by atoms with E-state index < -0.39 is 5.97 Å². The fourth-order valence-corrected chi connectivity index (χ4v) is 8.31. The van der Waals surface area contributed by atoms with Crippen molar-refractivity contribution in [2.75, 3.05) is 4.90 Å². The number of halogens is 1. The number of carbonyl (C=O) groups is 1. The number of anilines is 1. The first-order valence-corrected chi connectivity index (χ1v) is 15.5. The highest BCUT2D eigenvalue weighted by molar-refractivity contribution is 7.16. The number of nitrogens with zero attached hydrogens (tertiary/aromatic N) is 3. The number of carboxylic acids is 1. The minimum Gasteiger partial charge on any atom is -0.478 e. The lowest BCUT2D eigenvalue weighted by atomic mass is 9.99. The fourth-order valence-electron chi connectivity index (χ4n) is 6.11. The number of benzene rings is 1. The summed E-state index contributed by atoms with van der Waals surface area (Å²) >= 11 is 9.68. The highest BCUT2D eigenvalue weighted by atomic mass is 35.5. The van der Waals surface area contributed by atoms with Crippen molar-refractivity contribution >= 4 is 45.4 Å². The molecule has 10 heteroatoms. The molecule has 3 fully saturated rings. The van der Waals surface area contributed by atoms with Gasteiger partial charge in [-0.2, -0.15) is 0 Å². The van der Waals surface area contributed by atoms with Crippen molar-refractivity contribution in [2.24, 2.45) is 0 Å². The van der Waals surface area contributed by atoms with E-state index in [1.807, 2.05) is 17.5 Å². The van der Waals surface area contributed by atoms with Crippen LogP contribution in [0.25, 0.3) is 21.8 Å². The Kier molecular flexibility index (Phi) is 6.50. The number of hydrogen-bond donors (Lipinski definition) is 1. The predicted molar refractivity (Wildman–Crippen MR) is 153 cm³/mol. The Labute approximate surface area is 239 Å². The van der Waals surface area contributed by atoms with Crippen LogP contribution in [0.15, 0.2) is 39.5 Å². The van der Waals surface area contributed by atoms with E-state index in [4.69, 9.17) is 25.8 Å². The van der Waals surface area contributed by atoms with Crippen LogP contribution in [0.5, 0.6) is 0 Å². The Bertz CT molecular complexity index is 1510. The Morgan fingerprint density at radius 2 is 1.97 bits per heavy atom. The molecule has 0 spiro atoms. The van der Waals surface area contributed by atoms with Crippen LogP contribution in [0.2, 0.25) is 5.02 Å². The number of piperidine rings is 1. The summed E-state index contributed by atoms with van der Waals surface area (Å²) in [6.45, 7) is 2.53. The maximum atomic E-state index is 11.3. The zero-order valence-corrected chi connectivity index (χ0v) is 23.8. The summed E-state index contributed by atoms with van der Waals surface area (Å²) in [5, 5.41) is 19.2. The van der Waals surface area contributed by atoms with Gasteiger partial charge < -0.3 is 19.3 Å². The van der Waals surface area contributed by atoms with Gasteiger partial charge in [0, 0.05) is 39.9 Å². The van der Waals surface area contributed by atoms with Gasteiger partial charge in [0.15, 0.2) is 5.13 Å². The number of aromatic carboxylic acids is 1. The third kappa shape index (κ3) is 4.69. The van der Waals surface area contributed by atoms with Crippen molar-refractivity contribution in [1.82, 2.24) is 10.1 Å². The van der Waals surface area contributed by atoms with Crippen LogP contribution >= 0.6 is 34.3 Å². The van der Waals surface area contributed by atoms with E-state index in [1.165, 1.54) is 11.3 Å². The van der Waals surface area contributed by atoms with Gasteiger partial charge in [-0.1, -0.05) is 28.9 Å². The molecule has 3 atom stereocenters. The average Bonchev–Trinajstić information content (AvgIpc) is 3.25. The van der Waals surface area contributed by atoms with E-state index in [0.29, 0.717) is 35.2 Å². The zero-order chi connectivity index (χ0) is 26.7. The van der Waals surface area contributed by atoms with E-state index in [1.54, 1.807) is 22.8 Å². The van der Waals surface area contributed by atoms with Crippen molar-refractivity contribution in [3.05, 3.63) is 62.5 Å². The maximum absolute atomic E-state index is 11.3. The third-order valence-electron chi connectivity index (χ3n) is 8.19. The summed E-state index contributed by atoms with van der Waals surface area (Å²) in [4.78, 5) is 19.6. The molecule has 5 heterocycles. The molecule has 3 aromatic heterocycles. The molecule has 3 aliphatic rings. The molecule has 1 aliphatic carbocycles. The molecule has 0 radical (unpaired) electrons. The monoisotopic (exact) mass is 581 g/mol. The van der Waals surface area contributed by atoms with Crippen LogP contribution in [-0.4, -0.2) is 39.4 Å². The minimum absolute atomic E-state index is 0.163. The minimum atomic E-state index is -0.905. The lowest BCUT2D eigenvalue weighted by molar-refractivity contribution is 0.0147. The molecule has 1 aromatic carbocycles. The molecule has 202 valence electrons. The normalized spacial score (nSPS) is 22.5. The number of carboxylic acid groups (broad SMARTS) is 1. The summed E-state index contributed by atoms with van der Waals surface area (Å²) in [7, 11) is 0. The number of thiophene rings is 1. The van der Waals surface area contributed by atoms with Crippen molar-refractivity contribution in [1.29, 1.82) is 0 Å². The SMILES string of the molecule is Cc1cccc(Cl)c1-c1noc(C2CC2)c1COC1C[C@H]2CC[C@@H](C1)N2c1nc(-c2cc(C(=O)O)cs2)cs1. The topological polar surface area (TPSA) is 88.7 Å². The molecule has 2 aliphatic heterocycles. The van der Waals surface area contributed by atoms with Gasteiger partial charge in [-0.05, 0) is 63.1 Å². The molecular formula is C29H28ClN3O4S2.